The van der Waals surface area contributed by atoms with E-state index in [-0.39, 0.29) is 13.0 Å². The maximum atomic E-state index is 12.9. The first-order chi connectivity index (χ1) is 12.8. The number of benzene rings is 1. The number of ether oxygens (including phenoxy) is 2. The molecular formula is C17H17F3N2O5. The highest BCUT2D eigenvalue weighted by atomic mass is 19.4. The predicted octanol–water partition coefficient (Wildman–Crippen LogP) is 1.42. The van der Waals surface area contributed by atoms with E-state index >= 15 is 0 Å². The molecule has 2 N–H and O–H groups in total. The number of hydrogen-bond donors (Lipinski definition) is 2. The summed E-state index contributed by atoms with van der Waals surface area (Å²) < 4.78 is 50.7. The number of aromatic nitrogens is 2. The SMILES string of the molecule is O=c1[nH]c(=O)n([C@H]2C[C@H](OCc3ccccc3)[C@@H](CO)O2)cc1C(F)(F)F. The number of aliphatic hydroxyl groups is 1. The largest absolute Gasteiger partial charge is 0.423 e. The minimum atomic E-state index is -4.92. The van der Waals surface area contributed by atoms with E-state index in [1.165, 1.54) is 0 Å². The first kappa shape index (κ1) is 19.3. The molecule has 1 saturated heterocycles. The van der Waals surface area contributed by atoms with Crippen molar-refractivity contribution in [2.24, 2.45) is 0 Å². The minimum absolute atomic E-state index is 0.0430. The van der Waals surface area contributed by atoms with Crippen molar-refractivity contribution in [2.75, 3.05) is 6.61 Å². The first-order valence-electron chi connectivity index (χ1n) is 8.14. The molecule has 1 aliphatic heterocycles. The van der Waals surface area contributed by atoms with Gasteiger partial charge in [0.15, 0.2) is 0 Å². The number of rotatable bonds is 5. The first-order valence-corrected chi connectivity index (χ1v) is 8.14. The smallest absolute Gasteiger partial charge is 0.394 e. The lowest BCUT2D eigenvalue weighted by molar-refractivity contribution is -0.139. The second-order valence-electron chi connectivity index (χ2n) is 6.09. The molecule has 0 saturated carbocycles. The summed E-state index contributed by atoms with van der Waals surface area (Å²) in [5.41, 5.74) is -3.17. The zero-order chi connectivity index (χ0) is 19.6. The van der Waals surface area contributed by atoms with Crippen LogP contribution < -0.4 is 11.2 Å². The van der Waals surface area contributed by atoms with Crippen LogP contribution in [-0.2, 0) is 22.3 Å². The van der Waals surface area contributed by atoms with Gasteiger partial charge in [-0.2, -0.15) is 13.2 Å². The molecule has 27 heavy (non-hydrogen) atoms. The number of halogens is 3. The highest BCUT2D eigenvalue weighted by molar-refractivity contribution is 5.13. The third kappa shape index (κ3) is 4.29. The second-order valence-corrected chi connectivity index (χ2v) is 6.09. The molecular weight excluding hydrogens is 369 g/mol. The van der Waals surface area contributed by atoms with E-state index in [1.807, 2.05) is 30.3 Å². The Morgan fingerprint density at radius 3 is 2.59 bits per heavy atom. The molecule has 1 aromatic carbocycles. The fourth-order valence-electron chi connectivity index (χ4n) is 2.89. The van der Waals surface area contributed by atoms with Crippen molar-refractivity contribution in [3.63, 3.8) is 0 Å². The van der Waals surface area contributed by atoms with Crippen LogP contribution in [0.1, 0.15) is 23.8 Å². The van der Waals surface area contributed by atoms with Gasteiger partial charge in [0.1, 0.15) is 17.9 Å². The van der Waals surface area contributed by atoms with Gasteiger partial charge in [-0.05, 0) is 5.56 Å². The average Bonchev–Trinajstić information content (AvgIpc) is 3.02. The molecule has 1 aliphatic rings. The monoisotopic (exact) mass is 386 g/mol. The van der Waals surface area contributed by atoms with Crippen molar-refractivity contribution >= 4 is 0 Å². The number of nitrogens with one attached hydrogen (secondary N) is 1. The van der Waals surface area contributed by atoms with Gasteiger partial charge in [-0.25, -0.2) is 4.79 Å². The van der Waals surface area contributed by atoms with Crippen LogP contribution in [0.5, 0.6) is 0 Å². The lowest BCUT2D eigenvalue weighted by Gasteiger charge is -2.16. The molecule has 10 heteroatoms. The van der Waals surface area contributed by atoms with Crippen molar-refractivity contribution < 1.29 is 27.8 Å². The second kappa shape index (κ2) is 7.67. The molecule has 0 bridgehead atoms. The van der Waals surface area contributed by atoms with Crippen molar-refractivity contribution in [2.45, 2.75) is 37.6 Å². The zero-order valence-electron chi connectivity index (χ0n) is 14.0. The quantitative estimate of drug-likeness (QED) is 0.811. The highest BCUT2D eigenvalue weighted by Crippen LogP contribution is 2.32. The Hall–Kier alpha value is -2.43. The molecule has 0 radical (unpaired) electrons. The summed E-state index contributed by atoms with van der Waals surface area (Å²) in [5.74, 6) is 0. The number of hydrogen-bond acceptors (Lipinski definition) is 5. The summed E-state index contributed by atoms with van der Waals surface area (Å²) in [6, 6.07) is 9.17. The fourth-order valence-corrected chi connectivity index (χ4v) is 2.89. The third-order valence-corrected chi connectivity index (χ3v) is 4.25. The molecule has 0 unspecified atom stereocenters. The zero-order valence-corrected chi connectivity index (χ0v) is 14.0. The fraction of sp³-hybridized carbons (Fsp3) is 0.412. The molecule has 0 aliphatic carbocycles. The van der Waals surface area contributed by atoms with Crippen LogP contribution in [0, 0.1) is 0 Å². The number of aliphatic hydroxyl groups excluding tert-OH is 1. The minimum Gasteiger partial charge on any atom is -0.394 e. The Bertz CT molecular complexity index is 894. The van der Waals surface area contributed by atoms with Crippen molar-refractivity contribution in [3.05, 3.63) is 68.5 Å². The van der Waals surface area contributed by atoms with Crippen LogP contribution >= 0.6 is 0 Å². The van der Waals surface area contributed by atoms with E-state index in [0.29, 0.717) is 10.8 Å². The third-order valence-electron chi connectivity index (χ3n) is 4.25. The molecule has 3 atom stereocenters. The lowest BCUT2D eigenvalue weighted by atomic mass is 10.1. The van der Waals surface area contributed by atoms with Crippen LogP contribution in [0.2, 0.25) is 0 Å². The summed E-state index contributed by atoms with van der Waals surface area (Å²) in [7, 11) is 0. The predicted molar refractivity (Wildman–Crippen MR) is 87.0 cm³/mol. The Morgan fingerprint density at radius 2 is 1.96 bits per heavy atom. The molecule has 1 fully saturated rings. The molecule has 0 spiro atoms. The van der Waals surface area contributed by atoms with Gasteiger partial charge in [-0.3, -0.25) is 14.3 Å². The summed E-state index contributed by atoms with van der Waals surface area (Å²) in [4.78, 5) is 25.0. The Morgan fingerprint density at radius 1 is 1.26 bits per heavy atom. The van der Waals surface area contributed by atoms with Crippen LogP contribution in [0.3, 0.4) is 0 Å². The number of nitrogens with zero attached hydrogens (tertiary/aromatic N) is 1. The van der Waals surface area contributed by atoms with Crippen molar-refractivity contribution in [3.8, 4) is 0 Å². The number of aromatic amines is 1. The molecule has 2 heterocycles. The van der Waals surface area contributed by atoms with Crippen LogP contribution in [0.15, 0.2) is 46.1 Å². The van der Waals surface area contributed by atoms with Gasteiger partial charge in [-0.1, -0.05) is 30.3 Å². The standard InChI is InChI=1S/C17H17F3N2O5/c18-17(19,20)11-7-22(16(25)21-15(11)24)14-6-12(13(8-23)27-14)26-9-10-4-2-1-3-5-10/h1-5,7,12-14,23H,6,8-9H2,(H,21,24,25)/t12-,13+,14+/m0/s1. The maximum absolute atomic E-state index is 12.9. The Balaban J connectivity index is 1.80. The van der Waals surface area contributed by atoms with E-state index in [4.69, 9.17) is 9.47 Å². The van der Waals surface area contributed by atoms with Gasteiger partial charge in [0.25, 0.3) is 5.56 Å². The van der Waals surface area contributed by atoms with Gasteiger partial charge in [0.05, 0.1) is 19.3 Å². The Kier molecular flexibility index (Phi) is 5.49. The lowest BCUT2D eigenvalue weighted by Crippen LogP contribution is -2.36. The number of H-pyrrole nitrogens is 1. The van der Waals surface area contributed by atoms with E-state index in [1.54, 1.807) is 4.98 Å². The van der Waals surface area contributed by atoms with E-state index in [9.17, 15) is 27.9 Å². The molecule has 3 rings (SSSR count). The highest BCUT2D eigenvalue weighted by Gasteiger charge is 2.39. The van der Waals surface area contributed by atoms with Gasteiger partial charge < -0.3 is 14.6 Å². The molecule has 0 amide bonds. The van der Waals surface area contributed by atoms with E-state index < -0.39 is 48.0 Å². The molecule has 1 aromatic heterocycles. The van der Waals surface area contributed by atoms with E-state index in [2.05, 4.69) is 0 Å². The van der Waals surface area contributed by atoms with E-state index in [0.717, 1.165) is 5.56 Å². The van der Waals surface area contributed by atoms with Crippen LogP contribution in [0.4, 0.5) is 13.2 Å². The summed E-state index contributed by atoms with van der Waals surface area (Å²) >= 11 is 0. The topological polar surface area (TPSA) is 93.6 Å². The molecule has 2 aromatic rings. The van der Waals surface area contributed by atoms with Crippen LogP contribution in [-0.4, -0.2) is 33.5 Å². The van der Waals surface area contributed by atoms with Gasteiger partial charge in [0.2, 0.25) is 0 Å². The van der Waals surface area contributed by atoms with Gasteiger partial charge >= 0.3 is 11.9 Å². The molecule has 146 valence electrons. The van der Waals surface area contributed by atoms with Gasteiger partial charge in [0, 0.05) is 12.6 Å². The normalized spacial score (nSPS) is 22.9. The molecule has 7 nitrogen and oxygen atoms in total. The van der Waals surface area contributed by atoms with Crippen LogP contribution in [0.25, 0.3) is 0 Å². The summed E-state index contributed by atoms with van der Waals surface area (Å²) in [6.07, 6.45) is -6.99. The van der Waals surface area contributed by atoms with Crippen molar-refractivity contribution in [1.82, 2.24) is 9.55 Å². The number of alkyl halides is 3. The maximum Gasteiger partial charge on any atom is 0.423 e. The average molecular weight is 386 g/mol. The summed E-state index contributed by atoms with van der Waals surface area (Å²) in [5, 5.41) is 9.47. The van der Waals surface area contributed by atoms with Gasteiger partial charge in [-0.15, -0.1) is 0 Å². The Labute approximate surface area is 151 Å². The summed E-state index contributed by atoms with van der Waals surface area (Å²) in [6.45, 7) is -0.216. The van der Waals surface area contributed by atoms with Crippen molar-refractivity contribution in [1.29, 1.82) is 0 Å².